The van der Waals surface area contributed by atoms with E-state index in [9.17, 15) is 0 Å². The summed E-state index contributed by atoms with van der Waals surface area (Å²) >= 11 is 0. The molecule has 11 heteroatoms. The molecule has 1 aromatic carbocycles. The maximum Gasteiger partial charge on any atom is 0.137 e. The van der Waals surface area contributed by atoms with Gasteiger partial charge in [-0.1, -0.05) is 0 Å². The van der Waals surface area contributed by atoms with E-state index in [2.05, 4.69) is 19.9 Å². The molecular formula is C17H17N11. The molecule has 0 aliphatic rings. The van der Waals surface area contributed by atoms with E-state index in [-0.39, 0.29) is 40.7 Å². The number of anilines is 7. The van der Waals surface area contributed by atoms with Crippen LogP contribution in [0.1, 0.15) is 5.69 Å². The minimum absolute atomic E-state index is 0.128. The molecule has 0 saturated heterocycles. The highest BCUT2D eigenvalue weighted by Gasteiger charge is 2.26. The lowest BCUT2D eigenvalue weighted by molar-refractivity contribution is 1.25. The Hall–Kier alpha value is -4.28. The first kappa shape index (κ1) is 15.9. The molecule has 5 rings (SSSR count). The molecule has 0 spiro atoms. The lowest BCUT2D eigenvalue weighted by Crippen LogP contribution is -2.09. The van der Waals surface area contributed by atoms with Crippen LogP contribution in [0.3, 0.4) is 0 Å². The third-order valence-corrected chi connectivity index (χ3v) is 5.17. The zero-order valence-electron chi connectivity index (χ0n) is 14.8. The predicted molar refractivity (Wildman–Crippen MR) is 114 cm³/mol. The number of nitrogens with zero attached hydrogens (tertiary/aromatic N) is 4. The van der Waals surface area contributed by atoms with Crippen LogP contribution in [0.5, 0.6) is 0 Å². The molecule has 4 heterocycles. The predicted octanol–water partition coefficient (Wildman–Crippen LogP) is 0.701. The number of nitrogen functional groups attached to an aromatic ring is 7. The van der Waals surface area contributed by atoms with Crippen LogP contribution in [0.15, 0.2) is 0 Å². The number of hydrogen-bond acceptors (Lipinski definition) is 11. The molecule has 11 nitrogen and oxygen atoms in total. The van der Waals surface area contributed by atoms with Gasteiger partial charge in [0.1, 0.15) is 40.7 Å². The van der Waals surface area contributed by atoms with Gasteiger partial charge in [-0.15, -0.1) is 0 Å². The van der Waals surface area contributed by atoms with Crippen molar-refractivity contribution < 1.29 is 0 Å². The molecule has 0 radical (unpaired) electrons. The highest BCUT2D eigenvalue weighted by Crippen LogP contribution is 2.49. The van der Waals surface area contributed by atoms with Crippen molar-refractivity contribution in [1.82, 2.24) is 19.9 Å². The molecule has 0 atom stereocenters. The van der Waals surface area contributed by atoms with E-state index in [1.807, 2.05) is 0 Å². The SMILES string of the molecule is Cc1nc(N)c2c3c(N)nc(N)c4c(N)nc(N)c(c5c(N)nc(N)c1c25)c43. The molecule has 0 amide bonds. The lowest BCUT2D eigenvalue weighted by Gasteiger charge is -2.20. The fourth-order valence-electron chi connectivity index (χ4n) is 4.17. The number of benzene rings is 1. The molecule has 4 aromatic heterocycles. The topological polar surface area (TPSA) is 234 Å². The van der Waals surface area contributed by atoms with Gasteiger partial charge in [-0.3, -0.25) is 0 Å². The van der Waals surface area contributed by atoms with Crippen molar-refractivity contribution in [3.63, 3.8) is 0 Å². The number of fused-ring (bicyclic) bond motifs is 2. The highest BCUT2D eigenvalue weighted by atomic mass is 15.0. The Morgan fingerprint density at radius 1 is 0.357 bits per heavy atom. The normalized spacial score (nSPS) is 12.0. The van der Waals surface area contributed by atoms with Crippen LogP contribution in [-0.4, -0.2) is 19.9 Å². The van der Waals surface area contributed by atoms with Crippen molar-refractivity contribution in [2.45, 2.75) is 6.92 Å². The summed E-state index contributed by atoms with van der Waals surface area (Å²) in [6.45, 7) is 1.79. The molecule has 0 unspecified atom stereocenters. The standard InChI is InChI=1S/C17H17N11/c1-2-3-4-6(12(19)25-2)8-5-9(7(4)13(20)26-11(3)18)15(22)28-17(24)10(5)16(23)27-14(8)21/h1H3,(H2,19,25)(H4,18,20,26)(H4,21,23,27)(H4,22,24,28). The Labute approximate surface area is 157 Å². The summed E-state index contributed by atoms with van der Waals surface area (Å²) in [6.07, 6.45) is 0. The van der Waals surface area contributed by atoms with Crippen LogP contribution >= 0.6 is 0 Å². The maximum atomic E-state index is 6.31. The van der Waals surface area contributed by atoms with Crippen molar-refractivity contribution >= 4 is 83.8 Å². The van der Waals surface area contributed by atoms with Gasteiger partial charge >= 0.3 is 0 Å². The van der Waals surface area contributed by atoms with E-state index in [0.29, 0.717) is 48.8 Å². The van der Waals surface area contributed by atoms with E-state index >= 15 is 0 Å². The van der Waals surface area contributed by atoms with Crippen LogP contribution in [0.2, 0.25) is 0 Å². The Kier molecular flexibility index (Phi) is 2.68. The van der Waals surface area contributed by atoms with Crippen molar-refractivity contribution in [2.75, 3.05) is 40.1 Å². The van der Waals surface area contributed by atoms with Crippen LogP contribution in [0, 0.1) is 6.92 Å². The average molecular weight is 375 g/mol. The minimum Gasteiger partial charge on any atom is -0.383 e. The number of rotatable bonds is 0. The van der Waals surface area contributed by atoms with Gasteiger partial charge in [0.05, 0.1) is 11.1 Å². The van der Waals surface area contributed by atoms with Crippen molar-refractivity contribution in [2.24, 2.45) is 0 Å². The van der Waals surface area contributed by atoms with E-state index in [4.69, 9.17) is 40.1 Å². The first-order chi connectivity index (χ1) is 13.2. The van der Waals surface area contributed by atoms with Crippen molar-refractivity contribution in [1.29, 1.82) is 0 Å². The van der Waals surface area contributed by atoms with E-state index in [1.54, 1.807) is 6.92 Å². The summed E-state index contributed by atoms with van der Waals surface area (Å²) in [5.74, 6) is 1.23. The summed E-state index contributed by atoms with van der Waals surface area (Å²) in [7, 11) is 0. The van der Waals surface area contributed by atoms with Gasteiger partial charge in [0.15, 0.2) is 0 Å². The maximum absolute atomic E-state index is 6.31. The van der Waals surface area contributed by atoms with Crippen molar-refractivity contribution in [3.05, 3.63) is 5.69 Å². The van der Waals surface area contributed by atoms with Crippen LogP contribution < -0.4 is 40.1 Å². The quantitative estimate of drug-likeness (QED) is 0.147. The fourth-order valence-corrected chi connectivity index (χ4v) is 4.17. The second-order valence-corrected chi connectivity index (χ2v) is 6.73. The molecule has 0 aliphatic carbocycles. The van der Waals surface area contributed by atoms with Crippen LogP contribution in [0.4, 0.5) is 40.7 Å². The monoisotopic (exact) mass is 375 g/mol. The molecule has 0 aliphatic heterocycles. The Balaban J connectivity index is 2.38. The molecular weight excluding hydrogens is 358 g/mol. The van der Waals surface area contributed by atoms with Gasteiger partial charge < -0.3 is 40.1 Å². The average Bonchev–Trinajstić information content (AvgIpc) is 2.58. The lowest BCUT2D eigenvalue weighted by atomic mass is 9.91. The van der Waals surface area contributed by atoms with Gasteiger partial charge in [-0.05, 0) is 6.92 Å². The number of aromatic nitrogens is 4. The number of hydrogen-bond donors (Lipinski definition) is 7. The summed E-state index contributed by atoms with van der Waals surface area (Å²) in [5, 5.41) is 4.38. The zero-order chi connectivity index (χ0) is 20.1. The summed E-state index contributed by atoms with van der Waals surface area (Å²) in [4.78, 5) is 17.2. The number of nitrogens with two attached hydrogens (primary N) is 7. The Bertz CT molecular complexity index is 1270. The first-order valence-electron chi connectivity index (χ1n) is 8.31. The summed E-state index contributed by atoms with van der Waals surface area (Å²) in [5.41, 5.74) is 44.1. The Morgan fingerprint density at radius 3 is 1.07 bits per heavy atom. The van der Waals surface area contributed by atoms with Gasteiger partial charge in [-0.25, -0.2) is 19.9 Å². The third-order valence-electron chi connectivity index (χ3n) is 5.17. The largest absolute Gasteiger partial charge is 0.383 e. The number of pyridine rings is 4. The molecule has 14 N–H and O–H groups in total. The van der Waals surface area contributed by atoms with Gasteiger partial charge in [0, 0.05) is 37.7 Å². The molecule has 0 bridgehead atoms. The second-order valence-electron chi connectivity index (χ2n) is 6.73. The van der Waals surface area contributed by atoms with E-state index in [1.165, 1.54) is 0 Å². The van der Waals surface area contributed by atoms with Gasteiger partial charge in [-0.2, -0.15) is 0 Å². The zero-order valence-corrected chi connectivity index (χ0v) is 14.8. The van der Waals surface area contributed by atoms with E-state index in [0.717, 1.165) is 0 Å². The van der Waals surface area contributed by atoms with Crippen LogP contribution in [-0.2, 0) is 0 Å². The molecule has 5 aromatic rings. The Morgan fingerprint density at radius 2 is 0.643 bits per heavy atom. The first-order valence-corrected chi connectivity index (χ1v) is 8.31. The van der Waals surface area contributed by atoms with E-state index < -0.39 is 0 Å². The molecule has 28 heavy (non-hydrogen) atoms. The smallest absolute Gasteiger partial charge is 0.137 e. The highest BCUT2D eigenvalue weighted by molar-refractivity contribution is 6.41. The molecule has 0 saturated carbocycles. The van der Waals surface area contributed by atoms with Gasteiger partial charge in [0.2, 0.25) is 0 Å². The van der Waals surface area contributed by atoms with Crippen molar-refractivity contribution in [3.8, 4) is 0 Å². The van der Waals surface area contributed by atoms with Crippen LogP contribution in [0.25, 0.3) is 43.1 Å². The summed E-state index contributed by atoms with van der Waals surface area (Å²) in [6, 6.07) is 0. The molecule has 0 fully saturated rings. The third kappa shape index (κ3) is 1.63. The fraction of sp³-hybridized carbons (Fsp3) is 0.0588. The second kappa shape index (κ2) is 4.71. The minimum atomic E-state index is 0.128. The number of aryl methyl sites for hydroxylation is 1. The molecule has 140 valence electrons. The van der Waals surface area contributed by atoms with Gasteiger partial charge in [0.25, 0.3) is 0 Å². The summed E-state index contributed by atoms with van der Waals surface area (Å²) < 4.78 is 0.